The third-order valence-electron chi connectivity index (χ3n) is 5.54. The number of halogens is 2. The molecule has 3 aromatic rings. The maximum Gasteiger partial charge on any atom is 0.282 e. The van der Waals surface area contributed by atoms with Crippen LogP contribution in [0.25, 0.3) is 5.57 Å². The van der Waals surface area contributed by atoms with Gasteiger partial charge in [-0.2, -0.15) is 0 Å². The summed E-state index contributed by atoms with van der Waals surface area (Å²) >= 11 is 12.3. The highest BCUT2D eigenvalue weighted by molar-refractivity contribution is 6.46. The van der Waals surface area contributed by atoms with Crippen LogP contribution in [0, 0.1) is 6.92 Å². The van der Waals surface area contributed by atoms with Crippen molar-refractivity contribution in [3.05, 3.63) is 99.2 Å². The molecule has 1 heterocycles. The van der Waals surface area contributed by atoms with Gasteiger partial charge in [0.05, 0.1) is 11.3 Å². The van der Waals surface area contributed by atoms with Crippen molar-refractivity contribution < 1.29 is 9.59 Å². The normalized spacial score (nSPS) is 14.0. The summed E-state index contributed by atoms with van der Waals surface area (Å²) in [6.45, 7) is 6.03. The minimum absolute atomic E-state index is 0.217. The molecule has 6 heteroatoms. The molecule has 0 unspecified atom stereocenters. The smallest absolute Gasteiger partial charge is 0.282 e. The van der Waals surface area contributed by atoms with Crippen molar-refractivity contribution in [3.63, 3.8) is 0 Å². The largest absolute Gasteiger partial charge is 0.350 e. The second-order valence-electron chi connectivity index (χ2n) is 7.99. The van der Waals surface area contributed by atoms with E-state index in [-0.39, 0.29) is 5.70 Å². The minimum Gasteiger partial charge on any atom is -0.350 e. The number of carbonyl (C=O) groups excluding carboxylic acids is 2. The molecule has 0 aliphatic carbocycles. The predicted octanol–water partition coefficient (Wildman–Crippen LogP) is 6.82. The predicted molar refractivity (Wildman–Crippen MR) is 131 cm³/mol. The number of nitrogens with one attached hydrogen (secondary N) is 1. The molecule has 1 aliphatic heterocycles. The average Bonchev–Trinajstić information content (AvgIpc) is 3.01. The Balaban J connectivity index is 1.81. The Morgan fingerprint density at radius 2 is 1.50 bits per heavy atom. The zero-order valence-electron chi connectivity index (χ0n) is 17.9. The average molecular weight is 465 g/mol. The lowest BCUT2D eigenvalue weighted by molar-refractivity contribution is -0.120. The third kappa shape index (κ3) is 4.04. The van der Waals surface area contributed by atoms with Crippen LogP contribution in [-0.4, -0.2) is 11.8 Å². The zero-order chi connectivity index (χ0) is 23.0. The van der Waals surface area contributed by atoms with Gasteiger partial charge in [0.15, 0.2) is 0 Å². The molecule has 3 aromatic carbocycles. The molecule has 0 saturated carbocycles. The van der Waals surface area contributed by atoms with Crippen molar-refractivity contribution in [2.24, 2.45) is 0 Å². The Bertz CT molecular complexity index is 1230. The van der Waals surface area contributed by atoms with E-state index >= 15 is 0 Å². The number of amides is 2. The van der Waals surface area contributed by atoms with Crippen molar-refractivity contribution in [3.8, 4) is 0 Å². The Kier molecular flexibility index (Phi) is 6.09. The summed E-state index contributed by atoms with van der Waals surface area (Å²) in [6.07, 6.45) is 0. The highest BCUT2D eigenvalue weighted by atomic mass is 35.5. The highest BCUT2D eigenvalue weighted by Crippen LogP contribution is 2.37. The fourth-order valence-electron chi connectivity index (χ4n) is 3.68. The number of benzene rings is 3. The Morgan fingerprint density at radius 1 is 0.844 bits per heavy atom. The van der Waals surface area contributed by atoms with E-state index in [1.54, 1.807) is 49.4 Å². The lowest BCUT2D eigenvalue weighted by Gasteiger charge is -2.18. The monoisotopic (exact) mass is 464 g/mol. The van der Waals surface area contributed by atoms with E-state index in [1.807, 2.05) is 24.3 Å². The van der Waals surface area contributed by atoms with Gasteiger partial charge in [0.25, 0.3) is 11.8 Å². The molecule has 1 aliphatic rings. The molecule has 0 aromatic heterocycles. The van der Waals surface area contributed by atoms with Crippen molar-refractivity contribution in [1.29, 1.82) is 0 Å². The van der Waals surface area contributed by atoms with E-state index < -0.39 is 11.8 Å². The first-order valence-corrected chi connectivity index (χ1v) is 11.0. The molecular formula is C26H22Cl2N2O2. The summed E-state index contributed by atoms with van der Waals surface area (Å²) in [5.41, 5.74) is 4.15. The molecule has 162 valence electrons. The summed E-state index contributed by atoms with van der Waals surface area (Å²) in [5, 5.41) is 4.22. The van der Waals surface area contributed by atoms with E-state index in [0.717, 1.165) is 5.69 Å². The van der Waals surface area contributed by atoms with Gasteiger partial charge in [0.1, 0.15) is 5.70 Å². The molecular weight excluding hydrogens is 443 g/mol. The number of anilines is 2. The molecule has 1 N–H and O–H groups in total. The van der Waals surface area contributed by atoms with Gasteiger partial charge in [-0.1, -0.05) is 67.4 Å². The van der Waals surface area contributed by atoms with E-state index in [4.69, 9.17) is 23.2 Å². The van der Waals surface area contributed by atoms with Gasteiger partial charge in [-0.25, -0.2) is 4.90 Å². The second-order valence-corrected chi connectivity index (χ2v) is 8.83. The molecule has 0 bridgehead atoms. The molecule has 4 rings (SSSR count). The van der Waals surface area contributed by atoms with Crippen LogP contribution in [0.4, 0.5) is 11.4 Å². The first-order chi connectivity index (χ1) is 15.3. The van der Waals surface area contributed by atoms with E-state index in [2.05, 4.69) is 19.2 Å². The lowest BCUT2D eigenvalue weighted by Crippen LogP contribution is -2.33. The molecule has 4 nitrogen and oxygen atoms in total. The van der Waals surface area contributed by atoms with Crippen molar-refractivity contribution in [1.82, 2.24) is 0 Å². The van der Waals surface area contributed by atoms with Gasteiger partial charge in [-0.3, -0.25) is 9.59 Å². The molecule has 0 atom stereocenters. The second kappa shape index (κ2) is 8.81. The first-order valence-electron chi connectivity index (χ1n) is 10.3. The van der Waals surface area contributed by atoms with Crippen molar-refractivity contribution in [2.45, 2.75) is 26.7 Å². The van der Waals surface area contributed by atoms with Crippen LogP contribution in [-0.2, 0) is 9.59 Å². The van der Waals surface area contributed by atoms with Gasteiger partial charge in [-0.15, -0.1) is 0 Å². The molecule has 32 heavy (non-hydrogen) atoms. The third-order valence-corrected chi connectivity index (χ3v) is 6.20. The van der Waals surface area contributed by atoms with Crippen molar-refractivity contribution in [2.75, 3.05) is 10.2 Å². The van der Waals surface area contributed by atoms with Crippen molar-refractivity contribution >= 4 is 52.0 Å². The minimum atomic E-state index is -0.432. The Hall–Kier alpha value is -3.08. The Labute approximate surface area is 197 Å². The fraction of sp³-hybridized carbons (Fsp3) is 0.154. The molecule has 0 radical (unpaired) electrons. The SMILES string of the molecule is Cc1c(Cl)cccc1N1C(=O)C(Nc2ccc(C(C)C)cc2)=C(c2ccc(Cl)cc2)C1=O. The molecule has 0 spiro atoms. The Morgan fingerprint density at radius 3 is 2.12 bits per heavy atom. The maximum atomic E-state index is 13.5. The standard InChI is InChI=1S/C26H22Cl2N2O2/c1-15(2)17-9-13-20(14-10-17)29-24-23(18-7-11-19(27)12-8-18)25(31)30(26(24)32)22-6-4-5-21(28)16(22)3/h4-15,29H,1-3H3. The van der Waals surface area contributed by atoms with Crippen LogP contribution in [0.5, 0.6) is 0 Å². The van der Waals surface area contributed by atoms with E-state index in [9.17, 15) is 9.59 Å². The summed E-state index contributed by atoms with van der Waals surface area (Å²) in [7, 11) is 0. The van der Waals surface area contributed by atoms with Crippen LogP contribution in [0.1, 0.15) is 36.5 Å². The quantitative estimate of drug-likeness (QED) is 0.421. The zero-order valence-corrected chi connectivity index (χ0v) is 19.5. The fourth-order valence-corrected chi connectivity index (χ4v) is 3.98. The lowest BCUT2D eigenvalue weighted by atomic mass is 10.0. The van der Waals surface area contributed by atoms with Crippen LogP contribution in [0.3, 0.4) is 0 Å². The van der Waals surface area contributed by atoms with Crippen LogP contribution < -0.4 is 10.2 Å². The van der Waals surface area contributed by atoms with Gasteiger partial charge < -0.3 is 5.32 Å². The maximum absolute atomic E-state index is 13.5. The summed E-state index contributed by atoms with van der Waals surface area (Å²) in [4.78, 5) is 28.2. The number of nitrogens with zero attached hydrogens (tertiary/aromatic N) is 1. The number of hydrogen-bond acceptors (Lipinski definition) is 3. The van der Waals surface area contributed by atoms with Crippen LogP contribution >= 0.6 is 23.2 Å². The summed E-state index contributed by atoms with van der Waals surface area (Å²) in [6, 6.07) is 19.9. The number of carbonyl (C=O) groups is 2. The number of imide groups is 1. The van der Waals surface area contributed by atoms with E-state index in [1.165, 1.54) is 10.5 Å². The van der Waals surface area contributed by atoms with Gasteiger partial charge >= 0.3 is 0 Å². The van der Waals surface area contributed by atoms with E-state index in [0.29, 0.717) is 38.4 Å². The molecule has 0 saturated heterocycles. The molecule has 2 amide bonds. The number of hydrogen-bond donors (Lipinski definition) is 1. The van der Waals surface area contributed by atoms with Crippen LogP contribution in [0.15, 0.2) is 72.4 Å². The topological polar surface area (TPSA) is 49.4 Å². The van der Waals surface area contributed by atoms with Gasteiger partial charge in [0.2, 0.25) is 0 Å². The number of rotatable bonds is 5. The highest BCUT2D eigenvalue weighted by Gasteiger charge is 2.41. The summed E-state index contributed by atoms with van der Waals surface area (Å²) in [5.74, 6) is -0.453. The molecule has 0 fully saturated rings. The summed E-state index contributed by atoms with van der Waals surface area (Å²) < 4.78 is 0. The first kappa shape index (κ1) is 22.1. The van der Waals surface area contributed by atoms with Gasteiger partial charge in [0, 0.05) is 15.7 Å². The van der Waals surface area contributed by atoms with Gasteiger partial charge in [-0.05, 0) is 65.9 Å². The van der Waals surface area contributed by atoms with Crippen LogP contribution in [0.2, 0.25) is 10.0 Å².